The van der Waals surface area contributed by atoms with Gasteiger partial charge in [0.15, 0.2) is 11.5 Å². The molecule has 0 radical (unpaired) electrons. The van der Waals surface area contributed by atoms with Crippen LogP contribution in [0, 0.1) is 6.92 Å². The van der Waals surface area contributed by atoms with Crippen LogP contribution in [0.4, 0.5) is 0 Å². The van der Waals surface area contributed by atoms with E-state index in [9.17, 15) is 14.7 Å². The molecule has 0 saturated heterocycles. The molecule has 1 aromatic carbocycles. The SMILES string of the molecule is Cc1ccc(C(=O)C2=C(O)C(=O)N(C)C2c2ccc(C(C)C)cc2)o1. The zero-order valence-electron chi connectivity index (χ0n) is 14.7. The van der Waals surface area contributed by atoms with Crippen LogP contribution in [0.3, 0.4) is 0 Å². The van der Waals surface area contributed by atoms with E-state index in [1.165, 1.54) is 10.5 Å². The number of ketones is 1. The molecule has 0 aliphatic carbocycles. The van der Waals surface area contributed by atoms with E-state index in [1.54, 1.807) is 26.1 Å². The number of Topliss-reactive ketones (excluding diaryl/α,β-unsaturated/α-hetero) is 1. The number of amides is 1. The molecule has 1 aromatic heterocycles. The predicted octanol–water partition coefficient (Wildman–Crippen LogP) is 3.92. The summed E-state index contributed by atoms with van der Waals surface area (Å²) in [6, 6.07) is 10.3. The summed E-state index contributed by atoms with van der Waals surface area (Å²) in [5, 5.41) is 10.3. The molecule has 1 N–H and O–H groups in total. The minimum absolute atomic E-state index is 0.0548. The van der Waals surface area contributed by atoms with Crippen LogP contribution >= 0.6 is 0 Å². The number of hydrogen-bond donors (Lipinski definition) is 1. The summed E-state index contributed by atoms with van der Waals surface area (Å²) in [4.78, 5) is 26.5. The van der Waals surface area contributed by atoms with Crippen LogP contribution in [-0.4, -0.2) is 28.7 Å². The average molecular weight is 339 g/mol. The molecule has 0 fully saturated rings. The predicted molar refractivity (Wildman–Crippen MR) is 93.5 cm³/mol. The van der Waals surface area contributed by atoms with Gasteiger partial charge in [0.1, 0.15) is 5.76 Å². The first-order chi connectivity index (χ1) is 11.8. The smallest absolute Gasteiger partial charge is 0.289 e. The maximum atomic E-state index is 12.8. The van der Waals surface area contributed by atoms with Gasteiger partial charge in [0.05, 0.1) is 11.6 Å². The highest BCUT2D eigenvalue weighted by atomic mass is 16.3. The first kappa shape index (κ1) is 17.0. The van der Waals surface area contributed by atoms with Crippen molar-refractivity contribution < 1.29 is 19.1 Å². The van der Waals surface area contributed by atoms with Gasteiger partial charge in [-0.15, -0.1) is 0 Å². The number of hydrogen-bond acceptors (Lipinski definition) is 4. The molecule has 5 nitrogen and oxygen atoms in total. The topological polar surface area (TPSA) is 70.8 Å². The first-order valence-electron chi connectivity index (χ1n) is 8.22. The number of benzene rings is 1. The van der Waals surface area contributed by atoms with Crippen molar-refractivity contribution in [1.29, 1.82) is 0 Å². The van der Waals surface area contributed by atoms with Gasteiger partial charge in [0.2, 0.25) is 5.78 Å². The molecule has 1 amide bonds. The molecule has 5 heteroatoms. The Hall–Kier alpha value is -2.82. The number of aliphatic hydroxyl groups is 1. The van der Waals surface area contributed by atoms with Crippen LogP contribution in [0.15, 0.2) is 52.1 Å². The van der Waals surface area contributed by atoms with Crippen LogP contribution < -0.4 is 0 Å². The van der Waals surface area contributed by atoms with E-state index in [4.69, 9.17) is 4.42 Å². The second kappa shape index (κ2) is 6.24. The monoisotopic (exact) mass is 339 g/mol. The Labute approximate surface area is 146 Å². The Morgan fingerprint density at radius 3 is 2.32 bits per heavy atom. The molecule has 1 atom stereocenters. The fraction of sp³-hybridized carbons (Fsp3) is 0.300. The van der Waals surface area contributed by atoms with E-state index < -0.39 is 23.5 Å². The zero-order valence-corrected chi connectivity index (χ0v) is 14.7. The first-order valence-corrected chi connectivity index (χ1v) is 8.22. The van der Waals surface area contributed by atoms with Gasteiger partial charge in [-0.05, 0) is 36.1 Å². The average Bonchev–Trinajstić information content (AvgIpc) is 3.12. The van der Waals surface area contributed by atoms with Crippen LogP contribution in [0.25, 0.3) is 0 Å². The number of carbonyl (C=O) groups is 2. The van der Waals surface area contributed by atoms with E-state index in [0.29, 0.717) is 11.7 Å². The lowest BCUT2D eigenvalue weighted by Crippen LogP contribution is -2.26. The molecule has 0 saturated carbocycles. The fourth-order valence-corrected chi connectivity index (χ4v) is 3.10. The van der Waals surface area contributed by atoms with Crippen LogP contribution in [0.2, 0.25) is 0 Å². The van der Waals surface area contributed by atoms with Gasteiger partial charge in [0, 0.05) is 7.05 Å². The van der Waals surface area contributed by atoms with Gasteiger partial charge in [-0.25, -0.2) is 0 Å². The quantitative estimate of drug-likeness (QED) is 0.857. The third kappa shape index (κ3) is 2.86. The number of nitrogens with zero attached hydrogens (tertiary/aromatic N) is 1. The standard InChI is InChI=1S/C20H21NO4/c1-11(2)13-6-8-14(9-7-13)17-16(19(23)20(24)21(17)4)18(22)15-10-5-12(3)25-15/h5-11,17,23H,1-4H3. The largest absolute Gasteiger partial charge is 0.503 e. The lowest BCUT2D eigenvalue weighted by atomic mass is 9.93. The maximum Gasteiger partial charge on any atom is 0.289 e. The Bertz CT molecular complexity index is 858. The second-order valence-corrected chi connectivity index (χ2v) is 6.64. The van der Waals surface area contributed by atoms with Gasteiger partial charge in [0.25, 0.3) is 5.91 Å². The molecule has 0 spiro atoms. The summed E-state index contributed by atoms with van der Waals surface area (Å²) in [7, 11) is 1.58. The van der Waals surface area contributed by atoms with Gasteiger partial charge in [-0.2, -0.15) is 0 Å². The Morgan fingerprint density at radius 1 is 1.16 bits per heavy atom. The van der Waals surface area contributed by atoms with E-state index in [0.717, 1.165) is 5.56 Å². The number of rotatable bonds is 4. The highest BCUT2D eigenvalue weighted by Gasteiger charge is 2.42. The molecular formula is C20H21NO4. The van der Waals surface area contributed by atoms with E-state index in [-0.39, 0.29) is 11.3 Å². The molecule has 0 bridgehead atoms. The Morgan fingerprint density at radius 2 is 1.80 bits per heavy atom. The lowest BCUT2D eigenvalue weighted by molar-refractivity contribution is -0.128. The number of aliphatic hydroxyl groups excluding tert-OH is 1. The summed E-state index contributed by atoms with van der Waals surface area (Å²) in [5.74, 6) is -0.455. The van der Waals surface area contributed by atoms with Crippen LogP contribution in [0.5, 0.6) is 0 Å². The lowest BCUT2D eigenvalue weighted by Gasteiger charge is -2.22. The third-order valence-electron chi connectivity index (χ3n) is 4.57. The van der Waals surface area contributed by atoms with Gasteiger partial charge >= 0.3 is 0 Å². The zero-order chi connectivity index (χ0) is 18.3. The van der Waals surface area contributed by atoms with Crippen molar-refractivity contribution in [3.8, 4) is 0 Å². The van der Waals surface area contributed by atoms with E-state index >= 15 is 0 Å². The minimum atomic E-state index is -0.633. The highest BCUT2D eigenvalue weighted by molar-refractivity contribution is 6.14. The van der Waals surface area contributed by atoms with E-state index in [2.05, 4.69) is 13.8 Å². The minimum Gasteiger partial charge on any atom is -0.503 e. The summed E-state index contributed by atoms with van der Waals surface area (Å²) in [6.07, 6.45) is 0. The Balaban J connectivity index is 2.04. The highest BCUT2D eigenvalue weighted by Crippen LogP contribution is 2.38. The Kier molecular flexibility index (Phi) is 4.25. The number of furan rings is 1. The molecule has 25 heavy (non-hydrogen) atoms. The van der Waals surface area contributed by atoms with Crippen molar-refractivity contribution in [3.05, 3.63) is 70.4 Å². The molecule has 130 valence electrons. The van der Waals surface area contributed by atoms with Gasteiger partial charge < -0.3 is 14.4 Å². The normalized spacial score (nSPS) is 17.7. The van der Waals surface area contributed by atoms with Crippen molar-refractivity contribution in [1.82, 2.24) is 4.90 Å². The molecule has 3 rings (SSSR count). The summed E-state index contributed by atoms with van der Waals surface area (Å²) in [5.41, 5.74) is 1.99. The van der Waals surface area contributed by atoms with Crippen LogP contribution in [0.1, 0.15) is 53.2 Å². The van der Waals surface area contributed by atoms with Gasteiger partial charge in [-0.3, -0.25) is 9.59 Å². The van der Waals surface area contributed by atoms with Crippen molar-refractivity contribution >= 4 is 11.7 Å². The second-order valence-electron chi connectivity index (χ2n) is 6.64. The van der Waals surface area contributed by atoms with Crippen LogP contribution in [-0.2, 0) is 4.79 Å². The molecule has 1 aliphatic rings. The molecule has 1 unspecified atom stereocenters. The molecular weight excluding hydrogens is 318 g/mol. The number of carbonyl (C=O) groups excluding carboxylic acids is 2. The van der Waals surface area contributed by atoms with Crippen molar-refractivity contribution in [2.24, 2.45) is 0 Å². The molecule has 2 heterocycles. The third-order valence-corrected chi connectivity index (χ3v) is 4.57. The van der Waals surface area contributed by atoms with Crippen molar-refractivity contribution in [3.63, 3.8) is 0 Å². The number of likely N-dealkylation sites (N-methyl/N-ethyl adjacent to an activating group) is 1. The number of aryl methyl sites for hydroxylation is 1. The summed E-state index contributed by atoms with van der Waals surface area (Å²) in [6.45, 7) is 5.93. The molecule has 2 aromatic rings. The van der Waals surface area contributed by atoms with Crippen molar-refractivity contribution in [2.75, 3.05) is 7.05 Å². The summed E-state index contributed by atoms with van der Waals surface area (Å²) >= 11 is 0. The van der Waals surface area contributed by atoms with Crippen molar-refractivity contribution in [2.45, 2.75) is 32.7 Å². The fourth-order valence-electron chi connectivity index (χ4n) is 3.10. The molecule has 1 aliphatic heterocycles. The van der Waals surface area contributed by atoms with E-state index in [1.807, 2.05) is 24.3 Å². The van der Waals surface area contributed by atoms with Gasteiger partial charge in [-0.1, -0.05) is 38.1 Å². The maximum absolute atomic E-state index is 12.8. The summed E-state index contributed by atoms with van der Waals surface area (Å²) < 4.78 is 5.39.